The summed E-state index contributed by atoms with van der Waals surface area (Å²) in [5.74, 6) is -0.482. The predicted molar refractivity (Wildman–Crippen MR) is 152 cm³/mol. The molecule has 5 rings (SSSR count). The fourth-order valence-electron chi connectivity index (χ4n) is 5.40. The van der Waals surface area contributed by atoms with Crippen LogP contribution in [-0.2, 0) is 26.2 Å². The number of nitrogens with zero attached hydrogens (tertiary/aromatic N) is 3. The van der Waals surface area contributed by atoms with Gasteiger partial charge in [0.05, 0.1) is 11.4 Å². The SMILES string of the molecule is C[C@]1(NS(=O)(=O)c2ccc3cc(Cl)ccc3c2)CCCN(CC(=O)N2CCN(Cc3ccccc3)CC2)C1=O. The predicted octanol–water partition coefficient (Wildman–Crippen LogP) is 3.50. The average molecular weight is 569 g/mol. The number of hydrogen-bond acceptors (Lipinski definition) is 5. The Morgan fingerprint density at radius 3 is 2.38 bits per heavy atom. The van der Waals surface area contributed by atoms with Crippen LogP contribution in [0.1, 0.15) is 25.3 Å². The summed E-state index contributed by atoms with van der Waals surface area (Å²) in [6, 6.07) is 20.3. The molecule has 39 heavy (non-hydrogen) atoms. The van der Waals surface area contributed by atoms with Crippen molar-refractivity contribution in [2.24, 2.45) is 0 Å². The molecule has 2 saturated heterocycles. The Labute approximate surface area is 234 Å². The van der Waals surface area contributed by atoms with E-state index < -0.39 is 15.6 Å². The molecule has 2 aliphatic heterocycles. The van der Waals surface area contributed by atoms with E-state index in [1.165, 1.54) is 16.5 Å². The van der Waals surface area contributed by atoms with Crippen LogP contribution < -0.4 is 4.72 Å². The summed E-state index contributed by atoms with van der Waals surface area (Å²) in [6.07, 6.45) is 0.955. The summed E-state index contributed by atoms with van der Waals surface area (Å²) >= 11 is 6.05. The van der Waals surface area contributed by atoms with E-state index in [0.29, 0.717) is 37.5 Å². The van der Waals surface area contributed by atoms with E-state index in [4.69, 9.17) is 11.6 Å². The van der Waals surface area contributed by atoms with Crippen molar-refractivity contribution in [3.63, 3.8) is 0 Å². The molecule has 0 unspecified atom stereocenters. The summed E-state index contributed by atoms with van der Waals surface area (Å²) in [6.45, 7) is 5.56. The van der Waals surface area contributed by atoms with Crippen LogP contribution in [0.4, 0.5) is 0 Å². The van der Waals surface area contributed by atoms with Gasteiger partial charge in [-0.25, -0.2) is 8.42 Å². The van der Waals surface area contributed by atoms with Crippen LogP contribution in [0, 0.1) is 0 Å². The van der Waals surface area contributed by atoms with E-state index in [-0.39, 0.29) is 23.3 Å². The monoisotopic (exact) mass is 568 g/mol. The van der Waals surface area contributed by atoms with Crippen molar-refractivity contribution < 1.29 is 18.0 Å². The zero-order valence-corrected chi connectivity index (χ0v) is 23.5. The molecule has 10 heteroatoms. The Morgan fingerprint density at radius 1 is 0.949 bits per heavy atom. The topological polar surface area (TPSA) is 90.0 Å². The van der Waals surface area contributed by atoms with Crippen LogP contribution in [-0.4, -0.2) is 79.7 Å². The van der Waals surface area contributed by atoms with Gasteiger partial charge in [0, 0.05) is 44.3 Å². The first-order valence-electron chi connectivity index (χ1n) is 13.2. The second-order valence-electron chi connectivity index (χ2n) is 10.6. The van der Waals surface area contributed by atoms with E-state index in [1.807, 2.05) is 18.2 Å². The van der Waals surface area contributed by atoms with Crippen molar-refractivity contribution in [3.8, 4) is 0 Å². The molecular weight excluding hydrogens is 536 g/mol. The third-order valence-electron chi connectivity index (χ3n) is 7.61. The largest absolute Gasteiger partial charge is 0.339 e. The fraction of sp³-hybridized carbons (Fsp3) is 0.379. The second-order valence-corrected chi connectivity index (χ2v) is 12.7. The van der Waals surface area contributed by atoms with Crippen LogP contribution in [0.15, 0.2) is 71.6 Å². The van der Waals surface area contributed by atoms with Crippen LogP contribution in [0.3, 0.4) is 0 Å². The van der Waals surface area contributed by atoms with Crippen molar-refractivity contribution in [2.45, 2.75) is 36.7 Å². The maximum Gasteiger partial charge on any atom is 0.244 e. The number of piperazine rings is 1. The minimum atomic E-state index is -3.99. The van der Waals surface area contributed by atoms with Crippen LogP contribution in [0.2, 0.25) is 5.02 Å². The average Bonchev–Trinajstić information content (AvgIpc) is 2.91. The Morgan fingerprint density at radius 2 is 1.64 bits per heavy atom. The molecule has 8 nitrogen and oxygen atoms in total. The molecule has 0 aliphatic carbocycles. The Kier molecular flexibility index (Phi) is 7.96. The molecule has 2 fully saturated rings. The quantitative estimate of drug-likeness (QED) is 0.471. The Balaban J connectivity index is 1.20. The van der Waals surface area contributed by atoms with Gasteiger partial charge >= 0.3 is 0 Å². The van der Waals surface area contributed by atoms with Gasteiger partial charge in [0.15, 0.2) is 0 Å². The van der Waals surface area contributed by atoms with E-state index in [9.17, 15) is 18.0 Å². The molecule has 206 valence electrons. The van der Waals surface area contributed by atoms with E-state index in [1.54, 1.807) is 42.2 Å². The third kappa shape index (κ3) is 6.27. The van der Waals surface area contributed by atoms with Gasteiger partial charge in [0.2, 0.25) is 21.8 Å². The van der Waals surface area contributed by atoms with Gasteiger partial charge in [-0.05, 0) is 60.4 Å². The minimum absolute atomic E-state index is 0.0500. The number of carbonyl (C=O) groups is 2. The van der Waals surface area contributed by atoms with E-state index >= 15 is 0 Å². The smallest absolute Gasteiger partial charge is 0.244 e. The van der Waals surface area contributed by atoms with Crippen molar-refractivity contribution in [1.82, 2.24) is 19.4 Å². The number of hydrogen-bond donors (Lipinski definition) is 1. The summed E-state index contributed by atoms with van der Waals surface area (Å²) in [4.78, 5) is 32.3. The fourth-order valence-corrected chi connectivity index (χ4v) is 7.01. The van der Waals surface area contributed by atoms with Gasteiger partial charge in [-0.1, -0.05) is 54.1 Å². The number of halogens is 1. The molecule has 3 aromatic carbocycles. The zero-order valence-electron chi connectivity index (χ0n) is 22.0. The molecule has 0 radical (unpaired) electrons. The number of benzene rings is 3. The number of piperidine rings is 1. The third-order valence-corrected chi connectivity index (χ3v) is 9.44. The van der Waals surface area contributed by atoms with Crippen molar-refractivity contribution in [2.75, 3.05) is 39.3 Å². The van der Waals surface area contributed by atoms with Gasteiger partial charge in [-0.2, -0.15) is 4.72 Å². The highest BCUT2D eigenvalue weighted by Crippen LogP contribution is 2.27. The molecular formula is C29H33ClN4O4S. The molecule has 1 N–H and O–H groups in total. The van der Waals surface area contributed by atoms with Gasteiger partial charge in [0.1, 0.15) is 5.54 Å². The van der Waals surface area contributed by atoms with E-state index in [2.05, 4.69) is 21.8 Å². The number of nitrogens with one attached hydrogen (secondary N) is 1. The highest BCUT2D eigenvalue weighted by atomic mass is 35.5. The Hall–Kier alpha value is -2.98. The normalized spacial score (nSPS) is 20.9. The minimum Gasteiger partial charge on any atom is -0.339 e. The lowest BCUT2D eigenvalue weighted by Crippen LogP contribution is -2.62. The summed E-state index contributed by atoms with van der Waals surface area (Å²) in [5.41, 5.74) is -0.0910. The van der Waals surface area contributed by atoms with Crippen molar-refractivity contribution >= 4 is 44.2 Å². The highest BCUT2D eigenvalue weighted by molar-refractivity contribution is 7.89. The molecule has 2 heterocycles. The summed E-state index contributed by atoms with van der Waals surface area (Å²) in [5, 5.41) is 2.13. The molecule has 0 saturated carbocycles. The maximum atomic E-state index is 13.5. The lowest BCUT2D eigenvalue weighted by Gasteiger charge is -2.41. The molecule has 2 aliphatic rings. The van der Waals surface area contributed by atoms with Gasteiger partial charge in [-0.3, -0.25) is 14.5 Å². The van der Waals surface area contributed by atoms with Crippen LogP contribution in [0.5, 0.6) is 0 Å². The molecule has 0 aromatic heterocycles. The summed E-state index contributed by atoms with van der Waals surface area (Å²) in [7, 11) is -3.99. The van der Waals surface area contributed by atoms with Crippen molar-refractivity contribution in [3.05, 3.63) is 77.3 Å². The number of carbonyl (C=O) groups excluding carboxylic acids is 2. The molecule has 3 aromatic rings. The van der Waals surface area contributed by atoms with Crippen LogP contribution >= 0.6 is 11.6 Å². The standard InChI is InChI=1S/C29H33ClN4O4S/c1-29(31-39(37,38)26-11-9-23-18-25(30)10-8-24(23)19-26)12-5-13-34(28(29)36)21-27(35)33-16-14-32(15-17-33)20-22-6-3-2-4-7-22/h2-4,6-11,18-19,31H,5,12-17,20-21H2,1H3/t29-/m0/s1. The molecule has 1 atom stereocenters. The molecule has 0 bridgehead atoms. The number of likely N-dealkylation sites (tertiary alicyclic amines) is 1. The van der Waals surface area contributed by atoms with Gasteiger partial charge in [0.25, 0.3) is 0 Å². The highest BCUT2D eigenvalue weighted by Gasteiger charge is 2.43. The molecule has 2 amide bonds. The molecule has 0 spiro atoms. The first-order valence-corrected chi connectivity index (χ1v) is 15.1. The number of fused-ring (bicyclic) bond motifs is 1. The number of rotatable bonds is 7. The second kappa shape index (κ2) is 11.3. The van der Waals surface area contributed by atoms with E-state index in [0.717, 1.165) is 30.4 Å². The lowest BCUT2D eigenvalue weighted by molar-refractivity contribution is -0.147. The van der Waals surface area contributed by atoms with Gasteiger partial charge < -0.3 is 9.80 Å². The Bertz CT molecular complexity index is 1480. The number of sulfonamides is 1. The lowest BCUT2D eigenvalue weighted by atomic mass is 9.91. The summed E-state index contributed by atoms with van der Waals surface area (Å²) < 4.78 is 29.3. The van der Waals surface area contributed by atoms with Crippen LogP contribution in [0.25, 0.3) is 10.8 Å². The van der Waals surface area contributed by atoms with Crippen molar-refractivity contribution in [1.29, 1.82) is 0 Å². The first kappa shape index (κ1) is 27.6. The zero-order chi connectivity index (χ0) is 27.6. The van der Waals surface area contributed by atoms with Gasteiger partial charge in [-0.15, -0.1) is 0 Å². The first-order chi connectivity index (χ1) is 18.6. The number of amides is 2. The maximum absolute atomic E-state index is 13.5.